The topological polar surface area (TPSA) is 41.7 Å². The molecule has 0 saturated carbocycles. The lowest BCUT2D eigenvalue weighted by atomic mass is 9.96. The fourth-order valence-corrected chi connectivity index (χ4v) is 4.19. The van der Waals surface area contributed by atoms with Crippen molar-refractivity contribution >= 4 is 10.8 Å². The number of benzene rings is 3. The molecule has 1 heterocycles. The second-order valence-corrected chi connectivity index (χ2v) is 8.58. The Bertz CT molecular complexity index is 984. The van der Waals surface area contributed by atoms with Crippen LogP contribution in [0.1, 0.15) is 17.5 Å². The molecule has 2 N–H and O–H groups in total. The lowest BCUT2D eigenvalue weighted by Crippen LogP contribution is -2.45. The van der Waals surface area contributed by atoms with Gasteiger partial charge < -0.3 is 20.3 Å². The summed E-state index contributed by atoms with van der Waals surface area (Å²) in [6, 6.07) is 19.0. The smallest absolute Gasteiger partial charge is 0.123 e. The fourth-order valence-electron chi connectivity index (χ4n) is 4.19. The zero-order valence-electron chi connectivity index (χ0n) is 18.3. The van der Waals surface area contributed by atoms with Crippen LogP contribution in [0, 0.1) is 5.82 Å². The van der Waals surface area contributed by atoms with Crippen LogP contribution < -0.4 is 10.5 Å². The molecule has 1 unspecified atom stereocenters. The lowest BCUT2D eigenvalue weighted by molar-refractivity contribution is 0.150. The quantitative estimate of drug-likeness (QED) is 0.596. The normalized spacial score (nSPS) is 16.5. The van der Waals surface area contributed by atoms with E-state index in [1.54, 1.807) is 12.1 Å². The predicted molar refractivity (Wildman–Crippen MR) is 125 cm³/mol. The molecule has 3 aromatic carbocycles. The molecule has 1 aliphatic heterocycles. The van der Waals surface area contributed by atoms with Gasteiger partial charge in [-0.15, -0.1) is 0 Å². The number of nitrogens with two attached hydrogens (primary N) is 1. The van der Waals surface area contributed by atoms with Crippen molar-refractivity contribution in [3.8, 4) is 5.75 Å². The van der Waals surface area contributed by atoms with Gasteiger partial charge in [-0.25, -0.2) is 4.39 Å². The maximum absolute atomic E-state index is 13.2. The van der Waals surface area contributed by atoms with Gasteiger partial charge in [0, 0.05) is 37.8 Å². The molecule has 3 aromatic rings. The van der Waals surface area contributed by atoms with Crippen molar-refractivity contribution in [3.05, 3.63) is 77.6 Å². The third-order valence-corrected chi connectivity index (χ3v) is 6.18. The van der Waals surface area contributed by atoms with Gasteiger partial charge in [-0.2, -0.15) is 0 Å². The molecule has 164 valence electrons. The van der Waals surface area contributed by atoms with Crippen molar-refractivity contribution in [1.82, 2.24) is 9.80 Å². The molecule has 0 aliphatic carbocycles. The van der Waals surface area contributed by atoms with E-state index in [1.165, 1.54) is 22.9 Å². The largest absolute Gasteiger partial charge is 0.489 e. The van der Waals surface area contributed by atoms with Gasteiger partial charge >= 0.3 is 0 Å². The highest BCUT2D eigenvalue weighted by molar-refractivity contribution is 5.87. The molecule has 1 fully saturated rings. The number of halogens is 1. The van der Waals surface area contributed by atoms with Gasteiger partial charge in [0.15, 0.2) is 0 Å². The summed E-state index contributed by atoms with van der Waals surface area (Å²) >= 11 is 0. The lowest BCUT2D eigenvalue weighted by Gasteiger charge is -2.33. The van der Waals surface area contributed by atoms with Crippen LogP contribution in [0.15, 0.2) is 60.7 Å². The number of likely N-dealkylation sites (N-methyl/N-ethyl adjacent to an activating group) is 1. The number of hydrogen-bond donors (Lipinski definition) is 1. The van der Waals surface area contributed by atoms with Gasteiger partial charge in [-0.3, -0.25) is 0 Å². The van der Waals surface area contributed by atoms with Crippen molar-refractivity contribution in [2.45, 2.75) is 25.5 Å². The van der Waals surface area contributed by atoms with Gasteiger partial charge in [0.25, 0.3) is 0 Å². The molecule has 31 heavy (non-hydrogen) atoms. The van der Waals surface area contributed by atoms with E-state index in [1.807, 2.05) is 6.07 Å². The van der Waals surface area contributed by atoms with E-state index < -0.39 is 0 Å². The van der Waals surface area contributed by atoms with Crippen LogP contribution in [0.25, 0.3) is 10.8 Å². The van der Waals surface area contributed by atoms with Gasteiger partial charge in [0.2, 0.25) is 0 Å². The van der Waals surface area contributed by atoms with Crippen molar-refractivity contribution in [2.75, 3.05) is 39.8 Å². The van der Waals surface area contributed by atoms with Crippen molar-refractivity contribution in [1.29, 1.82) is 0 Å². The van der Waals surface area contributed by atoms with E-state index >= 15 is 0 Å². The molecular formula is C26H32FN3O. The Morgan fingerprint density at radius 3 is 2.48 bits per heavy atom. The second-order valence-electron chi connectivity index (χ2n) is 8.58. The fraction of sp³-hybridized carbons (Fsp3) is 0.385. The first-order valence-corrected chi connectivity index (χ1v) is 11.1. The SMILES string of the molecule is CN1CCN(CCC(N)Cc2c(OCc3ccc(F)cc3)ccc3ccccc23)CC1. The van der Waals surface area contributed by atoms with Gasteiger partial charge in [0.1, 0.15) is 18.2 Å². The number of nitrogens with zero attached hydrogens (tertiary/aromatic N) is 2. The van der Waals surface area contributed by atoms with E-state index in [9.17, 15) is 4.39 Å². The monoisotopic (exact) mass is 421 g/mol. The summed E-state index contributed by atoms with van der Waals surface area (Å²) in [5.41, 5.74) is 8.70. The van der Waals surface area contributed by atoms with E-state index in [4.69, 9.17) is 10.5 Å². The zero-order valence-corrected chi connectivity index (χ0v) is 18.3. The molecule has 5 heteroatoms. The van der Waals surface area contributed by atoms with Gasteiger partial charge in [-0.05, 0) is 61.0 Å². The molecule has 0 amide bonds. The number of rotatable bonds is 8. The number of piperazine rings is 1. The van der Waals surface area contributed by atoms with Crippen LogP contribution in [0.3, 0.4) is 0 Å². The summed E-state index contributed by atoms with van der Waals surface area (Å²) in [6.45, 7) is 5.92. The maximum Gasteiger partial charge on any atom is 0.123 e. The van der Waals surface area contributed by atoms with E-state index in [-0.39, 0.29) is 11.9 Å². The third-order valence-electron chi connectivity index (χ3n) is 6.18. The van der Waals surface area contributed by atoms with Crippen LogP contribution in [0.4, 0.5) is 4.39 Å². The number of hydrogen-bond acceptors (Lipinski definition) is 4. The summed E-state index contributed by atoms with van der Waals surface area (Å²) < 4.78 is 19.4. The standard InChI is InChI=1S/C26H32FN3O/c1-29-14-16-30(17-15-29)13-12-23(28)18-25-24-5-3-2-4-21(24)8-11-26(25)31-19-20-6-9-22(27)10-7-20/h2-11,23H,12-19,28H2,1H3. The second kappa shape index (κ2) is 10.2. The highest BCUT2D eigenvalue weighted by atomic mass is 19.1. The van der Waals surface area contributed by atoms with E-state index in [2.05, 4.69) is 47.2 Å². The molecule has 1 aliphatic rings. The van der Waals surface area contributed by atoms with Crippen LogP contribution in [0.2, 0.25) is 0 Å². The minimum atomic E-state index is -0.235. The number of ether oxygens (including phenoxy) is 1. The molecule has 1 saturated heterocycles. The van der Waals surface area contributed by atoms with E-state index in [0.717, 1.165) is 62.4 Å². The molecule has 4 rings (SSSR count). The predicted octanol–water partition coefficient (Wildman–Crippen LogP) is 4.07. The molecule has 4 nitrogen and oxygen atoms in total. The van der Waals surface area contributed by atoms with Crippen molar-refractivity contribution in [3.63, 3.8) is 0 Å². The van der Waals surface area contributed by atoms with Crippen LogP contribution >= 0.6 is 0 Å². The Labute approximate surface area is 184 Å². The first kappa shape index (κ1) is 21.8. The Kier molecular flexibility index (Phi) is 7.17. The Morgan fingerprint density at radius 2 is 1.71 bits per heavy atom. The summed E-state index contributed by atoms with van der Waals surface area (Å²) in [6.07, 6.45) is 1.73. The Hall–Kier alpha value is -2.47. The molecular weight excluding hydrogens is 389 g/mol. The van der Waals surface area contributed by atoms with Crippen molar-refractivity contribution < 1.29 is 9.13 Å². The highest BCUT2D eigenvalue weighted by Crippen LogP contribution is 2.30. The number of fused-ring (bicyclic) bond motifs is 1. The summed E-state index contributed by atoms with van der Waals surface area (Å²) in [7, 11) is 2.18. The first-order chi connectivity index (χ1) is 15.1. The molecule has 0 bridgehead atoms. The maximum atomic E-state index is 13.2. The van der Waals surface area contributed by atoms with Crippen molar-refractivity contribution in [2.24, 2.45) is 5.73 Å². The van der Waals surface area contributed by atoms with Crippen LogP contribution in [-0.4, -0.2) is 55.6 Å². The highest BCUT2D eigenvalue weighted by Gasteiger charge is 2.17. The molecule has 0 aromatic heterocycles. The summed E-state index contributed by atoms with van der Waals surface area (Å²) in [5, 5.41) is 2.38. The average Bonchev–Trinajstić information content (AvgIpc) is 2.79. The zero-order chi connectivity index (χ0) is 21.6. The van der Waals surface area contributed by atoms with Crippen LogP contribution in [0.5, 0.6) is 5.75 Å². The first-order valence-electron chi connectivity index (χ1n) is 11.1. The molecule has 0 spiro atoms. The Balaban J connectivity index is 1.46. The summed E-state index contributed by atoms with van der Waals surface area (Å²) in [5.74, 6) is 0.625. The molecule has 0 radical (unpaired) electrons. The average molecular weight is 422 g/mol. The molecule has 1 atom stereocenters. The van der Waals surface area contributed by atoms with Gasteiger partial charge in [0.05, 0.1) is 0 Å². The van der Waals surface area contributed by atoms with Gasteiger partial charge in [-0.1, -0.05) is 42.5 Å². The summed E-state index contributed by atoms with van der Waals surface area (Å²) in [4.78, 5) is 4.88. The third kappa shape index (κ3) is 5.82. The minimum absolute atomic E-state index is 0.0682. The van der Waals surface area contributed by atoms with Crippen LogP contribution in [-0.2, 0) is 13.0 Å². The van der Waals surface area contributed by atoms with E-state index in [0.29, 0.717) is 6.61 Å². The minimum Gasteiger partial charge on any atom is -0.489 e. The Morgan fingerprint density at radius 1 is 0.968 bits per heavy atom.